The molecule has 0 aliphatic rings. The van der Waals surface area contributed by atoms with Gasteiger partial charge in [0.25, 0.3) is 5.91 Å². The van der Waals surface area contributed by atoms with E-state index in [4.69, 9.17) is 4.74 Å². The molecule has 0 unspecified atom stereocenters. The molecule has 2 heterocycles. The summed E-state index contributed by atoms with van der Waals surface area (Å²) in [4.78, 5) is 16.2. The third-order valence-electron chi connectivity index (χ3n) is 2.61. The number of nitrogens with zero attached hydrogens (tertiary/aromatic N) is 3. The summed E-state index contributed by atoms with van der Waals surface area (Å²) in [7, 11) is 1.64. The summed E-state index contributed by atoms with van der Waals surface area (Å²) >= 11 is 0. The van der Waals surface area contributed by atoms with Gasteiger partial charge in [0.1, 0.15) is 5.56 Å². The van der Waals surface area contributed by atoms with Crippen molar-refractivity contribution in [3.63, 3.8) is 0 Å². The smallest absolute Gasteiger partial charge is 0.257 e. The van der Waals surface area contributed by atoms with E-state index in [1.807, 2.05) is 0 Å². The fourth-order valence-electron chi connectivity index (χ4n) is 1.77. The Kier molecular flexibility index (Phi) is 3.88. The zero-order chi connectivity index (χ0) is 13.0. The molecule has 18 heavy (non-hydrogen) atoms. The van der Waals surface area contributed by atoms with Gasteiger partial charge in [0.2, 0.25) is 0 Å². The van der Waals surface area contributed by atoms with Crippen molar-refractivity contribution in [2.75, 3.05) is 20.3 Å². The van der Waals surface area contributed by atoms with Crippen molar-refractivity contribution >= 4 is 11.6 Å². The summed E-state index contributed by atoms with van der Waals surface area (Å²) in [5, 5.41) is 7.09. The Balaban J connectivity index is 2.14. The number of ether oxygens (including phenoxy) is 1. The lowest BCUT2D eigenvalue weighted by molar-refractivity contribution is 0.0949. The van der Waals surface area contributed by atoms with Crippen LogP contribution in [0.15, 0.2) is 18.5 Å². The van der Waals surface area contributed by atoms with Crippen LogP contribution in [0.25, 0.3) is 5.65 Å². The molecular weight excluding hydrogens is 232 g/mol. The lowest BCUT2D eigenvalue weighted by Crippen LogP contribution is -2.25. The third-order valence-corrected chi connectivity index (χ3v) is 2.61. The standard InChI is InChI=1S/C12H16N4O2/c1-9-10(12(17)14-6-4-8-18-2)11-13-5-3-7-16(11)15-9/h3,5,7H,4,6,8H2,1-2H3,(H,14,17). The van der Waals surface area contributed by atoms with Crippen LogP contribution in [-0.4, -0.2) is 40.8 Å². The maximum Gasteiger partial charge on any atom is 0.257 e. The van der Waals surface area contributed by atoms with Crippen LogP contribution in [-0.2, 0) is 4.74 Å². The molecule has 0 atom stereocenters. The van der Waals surface area contributed by atoms with Crippen molar-refractivity contribution < 1.29 is 9.53 Å². The van der Waals surface area contributed by atoms with Gasteiger partial charge in [-0.15, -0.1) is 0 Å². The number of carbonyl (C=O) groups is 1. The minimum Gasteiger partial charge on any atom is -0.385 e. The van der Waals surface area contributed by atoms with E-state index in [1.54, 1.807) is 37.0 Å². The number of nitrogens with one attached hydrogen (secondary N) is 1. The van der Waals surface area contributed by atoms with Crippen LogP contribution in [0, 0.1) is 6.92 Å². The number of hydrogen-bond donors (Lipinski definition) is 1. The van der Waals surface area contributed by atoms with Crippen LogP contribution in [0.1, 0.15) is 22.5 Å². The summed E-state index contributed by atoms with van der Waals surface area (Å²) in [5.74, 6) is -0.141. The van der Waals surface area contributed by atoms with Crippen LogP contribution < -0.4 is 5.32 Å². The second-order valence-electron chi connectivity index (χ2n) is 3.95. The van der Waals surface area contributed by atoms with E-state index in [1.165, 1.54) is 0 Å². The van der Waals surface area contributed by atoms with E-state index in [-0.39, 0.29) is 5.91 Å². The number of methoxy groups -OCH3 is 1. The molecule has 0 fully saturated rings. The predicted octanol–water partition coefficient (Wildman–Crippen LogP) is 0.804. The Morgan fingerprint density at radius 3 is 3.17 bits per heavy atom. The second-order valence-corrected chi connectivity index (χ2v) is 3.95. The third kappa shape index (κ3) is 2.48. The van der Waals surface area contributed by atoms with Gasteiger partial charge in [-0.05, 0) is 19.4 Å². The fourth-order valence-corrected chi connectivity index (χ4v) is 1.77. The van der Waals surface area contributed by atoms with Gasteiger partial charge in [-0.1, -0.05) is 0 Å². The second kappa shape index (κ2) is 5.59. The molecule has 2 aromatic heterocycles. The molecule has 0 aliphatic carbocycles. The molecule has 0 aromatic carbocycles. The van der Waals surface area contributed by atoms with Crippen molar-refractivity contribution in [2.24, 2.45) is 0 Å². The molecule has 0 radical (unpaired) electrons. The lowest BCUT2D eigenvalue weighted by atomic mass is 10.2. The maximum absolute atomic E-state index is 12.1. The van der Waals surface area contributed by atoms with Gasteiger partial charge < -0.3 is 10.1 Å². The molecule has 0 aliphatic heterocycles. The minimum absolute atomic E-state index is 0.141. The van der Waals surface area contributed by atoms with Crippen molar-refractivity contribution in [1.29, 1.82) is 0 Å². The SMILES string of the molecule is COCCCNC(=O)c1c(C)nn2cccnc12. The molecule has 0 bridgehead atoms. The molecule has 0 saturated carbocycles. The first kappa shape index (κ1) is 12.5. The molecule has 2 rings (SSSR count). The summed E-state index contributed by atoms with van der Waals surface area (Å²) in [6, 6.07) is 1.78. The average Bonchev–Trinajstić information content (AvgIpc) is 2.70. The van der Waals surface area contributed by atoms with E-state index >= 15 is 0 Å². The molecule has 1 amide bonds. The first-order valence-electron chi connectivity index (χ1n) is 5.81. The number of aromatic nitrogens is 3. The monoisotopic (exact) mass is 248 g/mol. The summed E-state index contributed by atoms with van der Waals surface area (Å²) in [6.45, 7) is 3.02. The first-order chi connectivity index (χ1) is 8.74. The van der Waals surface area contributed by atoms with Gasteiger partial charge in [-0.3, -0.25) is 4.79 Å². The van der Waals surface area contributed by atoms with Crippen molar-refractivity contribution in [2.45, 2.75) is 13.3 Å². The van der Waals surface area contributed by atoms with Gasteiger partial charge in [0, 0.05) is 32.7 Å². The molecule has 6 nitrogen and oxygen atoms in total. The van der Waals surface area contributed by atoms with Crippen molar-refractivity contribution in [3.05, 3.63) is 29.7 Å². The Morgan fingerprint density at radius 2 is 2.39 bits per heavy atom. The zero-order valence-corrected chi connectivity index (χ0v) is 10.5. The molecule has 96 valence electrons. The Hall–Kier alpha value is -1.95. The zero-order valence-electron chi connectivity index (χ0n) is 10.5. The number of rotatable bonds is 5. The molecular formula is C12H16N4O2. The van der Waals surface area contributed by atoms with Crippen LogP contribution >= 0.6 is 0 Å². The first-order valence-corrected chi connectivity index (χ1v) is 5.81. The Bertz CT molecular complexity index is 550. The quantitative estimate of drug-likeness (QED) is 0.795. The minimum atomic E-state index is -0.141. The van der Waals surface area contributed by atoms with E-state index in [0.29, 0.717) is 30.1 Å². The predicted molar refractivity (Wildman–Crippen MR) is 66.6 cm³/mol. The Labute approximate surface area is 105 Å². The normalized spacial score (nSPS) is 10.8. The summed E-state index contributed by atoms with van der Waals surface area (Å²) in [5.41, 5.74) is 1.80. The van der Waals surface area contributed by atoms with E-state index in [0.717, 1.165) is 6.42 Å². The van der Waals surface area contributed by atoms with E-state index < -0.39 is 0 Å². The summed E-state index contributed by atoms with van der Waals surface area (Å²) in [6.07, 6.45) is 4.21. The molecule has 6 heteroatoms. The van der Waals surface area contributed by atoms with E-state index in [9.17, 15) is 4.79 Å². The van der Waals surface area contributed by atoms with Gasteiger partial charge in [0.15, 0.2) is 5.65 Å². The van der Waals surface area contributed by atoms with Gasteiger partial charge in [-0.2, -0.15) is 5.10 Å². The van der Waals surface area contributed by atoms with Gasteiger partial charge in [-0.25, -0.2) is 9.50 Å². The number of amides is 1. The fraction of sp³-hybridized carbons (Fsp3) is 0.417. The van der Waals surface area contributed by atoms with Crippen LogP contribution in [0.3, 0.4) is 0 Å². The number of aryl methyl sites for hydroxylation is 1. The topological polar surface area (TPSA) is 68.5 Å². The number of hydrogen-bond acceptors (Lipinski definition) is 4. The van der Waals surface area contributed by atoms with Gasteiger partial charge in [0.05, 0.1) is 5.69 Å². The maximum atomic E-state index is 12.1. The van der Waals surface area contributed by atoms with Crippen LogP contribution in [0.4, 0.5) is 0 Å². The largest absolute Gasteiger partial charge is 0.385 e. The molecule has 0 spiro atoms. The average molecular weight is 248 g/mol. The highest BCUT2D eigenvalue weighted by atomic mass is 16.5. The van der Waals surface area contributed by atoms with Crippen LogP contribution in [0.5, 0.6) is 0 Å². The van der Waals surface area contributed by atoms with Crippen molar-refractivity contribution in [1.82, 2.24) is 19.9 Å². The lowest BCUT2D eigenvalue weighted by Gasteiger charge is -2.03. The molecule has 1 N–H and O–H groups in total. The van der Waals surface area contributed by atoms with E-state index in [2.05, 4.69) is 15.4 Å². The summed E-state index contributed by atoms with van der Waals surface area (Å²) < 4.78 is 6.54. The Morgan fingerprint density at radius 1 is 1.56 bits per heavy atom. The highest BCUT2D eigenvalue weighted by molar-refractivity contribution is 6.00. The molecule has 0 saturated heterocycles. The highest BCUT2D eigenvalue weighted by Gasteiger charge is 2.17. The number of carbonyl (C=O) groups excluding carboxylic acids is 1. The highest BCUT2D eigenvalue weighted by Crippen LogP contribution is 2.12. The number of fused-ring (bicyclic) bond motifs is 1. The van der Waals surface area contributed by atoms with Crippen LogP contribution in [0.2, 0.25) is 0 Å². The van der Waals surface area contributed by atoms with Gasteiger partial charge >= 0.3 is 0 Å². The molecule has 2 aromatic rings. The van der Waals surface area contributed by atoms with Crippen molar-refractivity contribution in [3.8, 4) is 0 Å².